The monoisotopic (exact) mass is 503 g/mol. The summed E-state index contributed by atoms with van der Waals surface area (Å²) in [5.74, 6) is 0.717. The van der Waals surface area contributed by atoms with Gasteiger partial charge in [0.1, 0.15) is 12.1 Å². The van der Waals surface area contributed by atoms with Crippen LogP contribution in [0.3, 0.4) is 0 Å². The van der Waals surface area contributed by atoms with Gasteiger partial charge in [-0.2, -0.15) is 0 Å². The zero-order valence-corrected chi connectivity index (χ0v) is 20.7. The number of anilines is 1. The van der Waals surface area contributed by atoms with Crippen LogP contribution < -0.4 is 5.32 Å². The van der Waals surface area contributed by atoms with E-state index in [1.165, 1.54) is 23.2 Å². The molecule has 0 aliphatic rings. The van der Waals surface area contributed by atoms with Gasteiger partial charge in [-0.1, -0.05) is 55.3 Å². The first-order valence-corrected chi connectivity index (χ1v) is 12.3. The van der Waals surface area contributed by atoms with Gasteiger partial charge in [0.25, 0.3) is 0 Å². The molecule has 166 valence electrons. The first kappa shape index (κ1) is 25.2. The lowest BCUT2D eigenvalue weighted by Crippen LogP contribution is -2.15. The molecule has 0 aliphatic heterocycles. The molecular weight excluding hydrogens is 474 g/mol. The number of thiophene rings is 1. The summed E-state index contributed by atoms with van der Waals surface area (Å²) in [6.07, 6.45) is 5.52. The second-order valence-electron chi connectivity index (χ2n) is 6.91. The molecule has 1 unspecified atom stereocenters. The van der Waals surface area contributed by atoms with Crippen molar-refractivity contribution >= 4 is 38.9 Å². The number of nitrogens with one attached hydrogen (secondary N) is 1. The number of aliphatic hydroxyl groups excluding tert-OH is 1. The standard InChI is InChI=1S/C22H24BrN3O2S.C2H6/c1-2-15(12-27)6-7-25-22-19(11-24-14-26-22)21(28)20-10-17(13-29-20)8-16-4-3-5-18(23)9-16;1-2/h3-5,9-11,13-15,27H,2,6-8,12H2,1H3,(H,24,25,26);1-2H3. The van der Waals surface area contributed by atoms with E-state index < -0.39 is 0 Å². The molecule has 0 bridgehead atoms. The lowest BCUT2D eigenvalue weighted by molar-refractivity contribution is 0.104. The Bertz CT molecular complexity index is 957. The number of hydrogen-bond acceptors (Lipinski definition) is 6. The van der Waals surface area contributed by atoms with E-state index in [1.807, 2.05) is 37.4 Å². The predicted octanol–water partition coefficient (Wildman–Crippen LogP) is 5.97. The minimum Gasteiger partial charge on any atom is -0.396 e. The zero-order valence-electron chi connectivity index (χ0n) is 18.3. The number of ketones is 1. The second-order valence-corrected chi connectivity index (χ2v) is 8.74. The third kappa shape index (κ3) is 7.52. The van der Waals surface area contributed by atoms with Crippen molar-refractivity contribution in [2.75, 3.05) is 18.5 Å². The fraction of sp³-hybridized carbons (Fsp3) is 0.375. The van der Waals surface area contributed by atoms with Gasteiger partial charge >= 0.3 is 0 Å². The van der Waals surface area contributed by atoms with Crippen LogP contribution in [0.5, 0.6) is 0 Å². The van der Waals surface area contributed by atoms with E-state index in [2.05, 4.69) is 50.3 Å². The van der Waals surface area contributed by atoms with Crippen molar-refractivity contribution in [3.63, 3.8) is 0 Å². The van der Waals surface area contributed by atoms with Crippen LogP contribution in [0.25, 0.3) is 0 Å². The van der Waals surface area contributed by atoms with Gasteiger partial charge in [-0.15, -0.1) is 11.3 Å². The van der Waals surface area contributed by atoms with E-state index in [1.54, 1.807) is 6.20 Å². The summed E-state index contributed by atoms with van der Waals surface area (Å²) < 4.78 is 1.05. The highest BCUT2D eigenvalue weighted by Gasteiger charge is 2.17. The van der Waals surface area contributed by atoms with Gasteiger partial charge in [0, 0.05) is 23.8 Å². The van der Waals surface area contributed by atoms with Crippen LogP contribution in [-0.2, 0) is 6.42 Å². The summed E-state index contributed by atoms with van der Waals surface area (Å²) in [4.78, 5) is 22.0. The molecule has 0 amide bonds. The average Bonchev–Trinajstić information content (AvgIpc) is 3.26. The predicted molar refractivity (Wildman–Crippen MR) is 132 cm³/mol. The van der Waals surface area contributed by atoms with Crippen LogP contribution in [0.2, 0.25) is 0 Å². The van der Waals surface area contributed by atoms with Crippen LogP contribution in [0.4, 0.5) is 5.82 Å². The summed E-state index contributed by atoms with van der Waals surface area (Å²) in [5, 5.41) is 14.6. The van der Waals surface area contributed by atoms with E-state index >= 15 is 0 Å². The number of halogens is 1. The number of hydrogen-bond donors (Lipinski definition) is 2. The number of rotatable bonds is 10. The molecule has 3 aromatic rings. The number of benzene rings is 1. The molecule has 0 radical (unpaired) electrons. The van der Waals surface area contributed by atoms with Crippen LogP contribution in [0.1, 0.15) is 60.0 Å². The lowest BCUT2D eigenvalue weighted by atomic mass is 10.0. The van der Waals surface area contributed by atoms with Crippen molar-refractivity contribution < 1.29 is 9.90 Å². The SMILES string of the molecule is CC.CCC(CO)CCNc1ncncc1C(=O)c1cc(Cc2cccc(Br)c2)cs1. The summed E-state index contributed by atoms with van der Waals surface area (Å²) in [7, 11) is 0. The van der Waals surface area contributed by atoms with Crippen LogP contribution in [0, 0.1) is 5.92 Å². The summed E-state index contributed by atoms with van der Waals surface area (Å²) >= 11 is 4.94. The molecule has 31 heavy (non-hydrogen) atoms. The van der Waals surface area contributed by atoms with E-state index in [0.717, 1.165) is 29.3 Å². The van der Waals surface area contributed by atoms with Crippen molar-refractivity contribution in [2.24, 2.45) is 5.92 Å². The third-order valence-corrected chi connectivity index (χ3v) is 6.28. The Hall–Kier alpha value is -2.09. The Balaban J connectivity index is 0.00000166. The molecule has 0 saturated heterocycles. The first-order valence-electron chi connectivity index (χ1n) is 10.6. The highest BCUT2D eigenvalue weighted by molar-refractivity contribution is 9.10. The highest BCUT2D eigenvalue weighted by Crippen LogP contribution is 2.24. The van der Waals surface area contributed by atoms with Gasteiger partial charge in [-0.25, -0.2) is 9.97 Å². The molecule has 2 N–H and O–H groups in total. The van der Waals surface area contributed by atoms with Gasteiger partial charge in [-0.3, -0.25) is 4.79 Å². The molecular formula is C24H30BrN3O2S. The van der Waals surface area contributed by atoms with Gasteiger partial charge in [0.2, 0.25) is 5.78 Å². The Morgan fingerprint density at radius 2 is 2.06 bits per heavy atom. The molecule has 3 rings (SSSR count). The second kappa shape index (κ2) is 13.3. The van der Waals surface area contributed by atoms with E-state index in [4.69, 9.17) is 0 Å². The number of carbonyl (C=O) groups excluding carboxylic acids is 1. The summed E-state index contributed by atoms with van der Waals surface area (Å²) in [6.45, 7) is 6.88. The molecule has 0 saturated carbocycles. The molecule has 2 heterocycles. The lowest BCUT2D eigenvalue weighted by Gasteiger charge is -2.13. The molecule has 5 nitrogen and oxygen atoms in total. The van der Waals surface area contributed by atoms with Crippen molar-refractivity contribution in [3.8, 4) is 0 Å². The largest absolute Gasteiger partial charge is 0.396 e. The van der Waals surface area contributed by atoms with E-state index in [-0.39, 0.29) is 18.3 Å². The average molecular weight is 504 g/mol. The van der Waals surface area contributed by atoms with Crippen molar-refractivity contribution in [3.05, 3.63) is 74.3 Å². The third-order valence-electron chi connectivity index (χ3n) is 4.81. The summed E-state index contributed by atoms with van der Waals surface area (Å²) in [5.41, 5.74) is 2.77. The first-order chi connectivity index (χ1) is 15.1. The fourth-order valence-electron chi connectivity index (χ4n) is 3.06. The number of aliphatic hydroxyl groups is 1. The van der Waals surface area contributed by atoms with E-state index in [9.17, 15) is 9.90 Å². The Morgan fingerprint density at radius 1 is 1.26 bits per heavy atom. The minimum atomic E-state index is -0.0761. The van der Waals surface area contributed by atoms with Gasteiger partial charge in [-0.05, 0) is 53.5 Å². The number of nitrogens with zero attached hydrogens (tertiary/aromatic N) is 2. The smallest absolute Gasteiger partial charge is 0.208 e. The Kier molecular flexibility index (Phi) is 10.8. The molecule has 2 aromatic heterocycles. The van der Waals surface area contributed by atoms with Crippen molar-refractivity contribution in [1.29, 1.82) is 0 Å². The highest BCUT2D eigenvalue weighted by atomic mass is 79.9. The fourth-order valence-corrected chi connectivity index (χ4v) is 4.37. The van der Waals surface area contributed by atoms with Crippen LogP contribution >= 0.6 is 27.3 Å². The van der Waals surface area contributed by atoms with Gasteiger partial charge in [0.15, 0.2) is 0 Å². The van der Waals surface area contributed by atoms with Gasteiger partial charge < -0.3 is 10.4 Å². The van der Waals surface area contributed by atoms with E-state index in [0.29, 0.717) is 22.8 Å². The number of carbonyl (C=O) groups is 1. The molecule has 0 aliphatic carbocycles. The molecule has 0 spiro atoms. The topological polar surface area (TPSA) is 75.1 Å². The minimum absolute atomic E-state index is 0.0761. The maximum absolute atomic E-state index is 13.0. The molecule has 0 fully saturated rings. The Labute approximate surface area is 197 Å². The zero-order chi connectivity index (χ0) is 22.6. The normalized spacial score (nSPS) is 11.4. The molecule has 7 heteroatoms. The molecule has 1 aromatic carbocycles. The van der Waals surface area contributed by atoms with Gasteiger partial charge in [0.05, 0.1) is 10.4 Å². The Morgan fingerprint density at radius 3 is 2.77 bits per heavy atom. The maximum atomic E-state index is 13.0. The quantitative estimate of drug-likeness (QED) is 0.333. The number of aromatic nitrogens is 2. The molecule has 1 atom stereocenters. The van der Waals surface area contributed by atoms with Crippen molar-refractivity contribution in [2.45, 2.75) is 40.0 Å². The maximum Gasteiger partial charge on any atom is 0.208 e. The van der Waals surface area contributed by atoms with Crippen LogP contribution in [-0.4, -0.2) is 34.0 Å². The summed E-state index contributed by atoms with van der Waals surface area (Å²) in [6, 6.07) is 10.1. The van der Waals surface area contributed by atoms with Crippen molar-refractivity contribution in [1.82, 2.24) is 9.97 Å². The van der Waals surface area contributed by atoms with Crippen LogP contribution in [0.15, 0.2) is 52.7 Å².